The van der Waals surface area contributed by atoms with E-state index in [1.165, 1.54) is 26.2 Å². The summed E-state index contributed by atoms with van der Waals surface area (Å²) in [6.45, 7) is 1.42. The highest BCUT2D eigenvalue weighted by atomic mass is 19.1. The van der Waals surface area contributed by atoms with Gasteiger partial charge in [-0.3, -0.25) is 4.79 Å². The summed E-state index contributed by atoms with van der Waals surface area (Å²) >= 11 is 0. The van der Waals surface area contributed by atoms with Gasteiger partial charge in [0.25, 0.3) is 0 Å². The van der Waals surface area contributed by atoms with E-state index in [-0.39, 0.29) is 5.91 Å². The largest absolute Gasteiger partial charge is 0.497 e. The van der Waals surface area contributed by atoms with Crippen LogP contribution in [0.4, 0.5) is 4.39 Å². The van der Waals surface area contributed by atoms with Crippen molar-refractivity contribution in [1.82, 2.24) is 5.32 Å². The number of rotatable bonds is 5. The van der Waals surface area contributed by atoms with Gasteiger partial charge in [-0.25, -0.2) is 4.39 Å². The first-order valence-electron chi connectivity index (χ1n) is 6.79. The van der Waals surface area contributed by atoms with Crippen molar-refractivity contribution in [1.29, 1.82) is 0 Å². The van der Waals surface area contributed by atoms with Crippen LogP contribution < -0.4 is 14.8 Å². The lowest BCUT2D eigenvalue weighted by Gasteiger charge is -2.21. The van der Waals surface area contributed by atoms with Gasteiger partial charge in [0.2, 0.25) is 5.91 Å². The van der Waals surface area contributed by atoms with Gasteiger partial charge < -0.3 is 14.8 Å². The van der Waals surface area contributed by atoms with Crippen LogP contribution in [0.25, 0.3) is 0 Å². The number of hydrogen-bond acceptors (Lipinski definition) is 3. The highest BCUT2D eigenvalue weighted by Crippen LogP contribution is 2.32. The first-order valence-corrected chi connectivity index (χ1v) is 6.79. The second-order valence-corrected chi connectivity index (χ2v) is 4.80. The van der Waals surface area contributed by atoms with E-state index in [0.29, 0.717) is 17.1 Å². The lowest BCUT2D eigenvalue weighted by atomic mass is 9.97. The summed E-state index contributed by atoms with van der Waals surface area (Å²) in [6, 6.07) is 10.9. The van der Waals surface area contributed by atoms with Gasteiger partial charge in [0.1, 0.15) is 17.3 Å². The van der Waals surface area contributed by atoms with Crippen molar-refractivity contribution in [3.63, 3.8) is 0 Å². The van der Waals surface area contributed by atoms with Gasteiger partial charge in [-0.05, 0) is 35.9 Å². The zero-order valence-electron chi connectivity index (χ0n) is 12.7. The number of halogens is 1. The first-order chi connectivity index (χ1) is 10.5. The van der Waals surface area contributed by atoms with E-state index in [1.807, 2.05) is 12.1 Å². The third-order valence-corrected chi connectivity index (χ3v) is 3.28. The number of nitrogens with one attached hydrogen (secondary N) is 1. The number of benzene rings is 2. The van der Waals surface area contributed by atoms with Crippen molar-refractivity contribution in [3.8, 4) is 11.5 Å². The van der Waals surface area contributed by atoms with Crippen molar-refractivity contribution in [3.05, 3.63) is 59.4 Å². The molecule has 1 amide bonds. The third-order valence-electron chi connectivity index (χ3n) is 3.28. The molecule has 0 aliphatic heterocycles. The second-order valence-electron chi connectivity index (χ2n) is 4.80. The molecule has 0 bridgehead atoms. The van der Waals surface area contributed by atoms with E-state index in [9.17, 15) is 9.18 Å². The fourth-order valence-corrected chi connectivity index (χ4v) is 2.30. The van der Waals surface area contributed by atoms with E-state index in [4.69, 9.17) is 9.47 Å². The third kappa shape index (κ3) is 3.55. The molecule has 1 atom stereocenters. The van der Waals surface area contributed by atoms with Crippen LogP contribution in [0.5, 0.6) is 11.5 Å². The van der Waals surface area contributed by atoms with Crippen molar-refractivity contribution < 1.29 is 18.7 Å². The van der Waals surface area contributed by atoms with Crippen LogP contribution in [-0.2, 0) is 4.79 Å². The highest BCUT2D eigenvalue weighted by molar-refractivity contribution is 5.74. The van der Waals surface area contributed by atoms with Gasteiger partial charge in [-0.2, -0.15) is 0 Å². The molecule has 0 aromatic heterocycles. The van der Waals surface area contributed by atoms with Crippen LogP contribution >= 0.6 is 0 Å². The monoisotopic (exact) mass is 303 g/mol. The molecule has 22 heavy (non-hydrogen) atoms. The van der Waals surface area contributed by atoms with Crippen LogP contribution in [0.1, 0.15) is 24.1 Å². The fraction of sp³-hybridized carbons (Fsp3) is 0.235. The molecule has 0 radical (unpaired) electrons. The first kappa shape index (κ1) is 15.8. The normalized spacial score (nSPS) is 11.6. The van der Waals surface area contributed by atoms with Crippen LogP contribution in [0, 0.1) is 5.82 Å². The zero-order valence-corrected chi connectivity index (χ0v) is 12.7. The molecule has 0 saturated heterocycles. The molecule has 2 rings (SSSR count). The molecule has 116 valence electrons. The molecule has 0 aliphatic carbocycles. The van der Waals surface area contributed by atoms with Crippen molar-refractivity contribution in [2.24, 2.45) is 0 Å². The second kappa shape index (κ2) is 6.93. The van der Waals surface area contributed by atoms with E-state index >= 15 is 0 Å². The summed E-state index contributed by atoms with van der Waals surface area (Å²) < 4.78 is 24.1. The van der Waals surface area contributed by atoms with Gasteiger partial charge in [-0.15, -0.1) is 0 Å². The molecule has 0 saturated carbocycles. The SMILES string of the molecule is COc1cccc([C@@H](NC(C)=O)c2cc(F)ccc2OC)c1. The molecule has 0 heterocycles. The molecular formula is C17H18FNO3. The number of hydrogen-bond donors (Lipinski definition) is 1. The predicted octanol–water partition coefficient (Wildman–Crippen LogP) is 3.07. The maximum absolute atomic E-state index is 13.6. The summed E-state index contributed by atoms with van der Waals surface area (Å²) in [7, 11) is 3.07. The van der Waals surface area contributed by atoms with Gasteiger partial charge >= 0.3 is 0 Å². The number of amides is 1. The van der Waals surface area contributed by atoms with E-state index in [0.717, 1.165) is 5.56 Å². The molecule has 5 heteroatoms. The summed E-state index contributed by atoms with van der Waals surface area (Å²) in [6.07, 6.45) is 0. The lowest BCUT2D eigenvalue weighted by Crippen LogP contribution is -2.27. The van der Waals surface area contributed by atoms with Crippen molar-refractivity contribution >= 4 is 5.91 Å². The van der Waals surface area contributed by atoms with E-state index in [2.05, 4.69) is 5.32 Å². The van der Waals surface area contributed by atoms with Crippen LogP contribution in [0.3, 0.4) is 0 Å². The Hall–Kier alpha value is -2.56. The van der Waals surface area contributed by atoms with E-state index < -0.39 is 11.9 Å². The minimum atomic E-state index is -0.529. The molecule has 2 aromatic rings. The standard InChI is InChI=1S/C17H18FNO3/c1-11(20)19-17(12-5-4-6-14(9-12)21-2)15-10-13(18)7-8-16(15)22-3/h4-10,17H,1-3H3,(H,19,20)/t17-/m1/s1. The van der Waals surface area contributed by atoms with Crippen LogP contribution in [-0.4, -0.2) is 20.1 Å². The molecule has 0 spiro atoms. The Balaban J connectivity index is 2.54. The van der Waals surface area contributed by atoms with E-state index in [1.54, 1.807) is 25.3 Å². The van der Waals surface area contributed by atoms with Gasteiger partial charge in [-0.1, -0.05) is 12.1 Å². The quantitative estimate of drug-likeness (QED) is 0.923. The Kier molecular flexibility index (Phi) is 4.99. The summed E-state index contributed by atoms with van der Waals surface area (Å²) in [5.74, 6) is 0.541. The summed E-state index contributed by atoms with van der Waals surface area (Å²) in [4.78, 5) is 11.6. The Morgan fingerprint density at radius 3 is 2.55 bits per heavy atom. The fourth-order valence-electron chi connectivity index (χ4n) is 2.30. The van der Waals surface area contributed by atoms with Gasteiger partial charge in [0.05, 0.1) is 20.3 Å². The predicted molar refractivity (Wildman–Crippen MR) is 81.6 cm³/mol. The molecule has 4 nitrogen and oxygen atoms in total. The lowest BCUT2D eigenvalue weighted by molar-refractivity contribution is -0.119. The van der Waals surface area contributed by atoms with Crippen LogP contribution in [0.2, 0.25) is 0 Å². The number of ether oxygens (including phenoxy) is 2. The minimum Gasteiger partial charge on any atom is -0.497 e. The molecule has 0 aliphatic rings. The van der Waals surface area contributed by atoms with Gasteiger partial charge in [0.15, 0.2) is 0 Å². The molecule has 1 N–H and O–H groups in total. The summed E-state index contributed by atoms with van der Waals surface area (Å²) in [5.41, 5.74) is 1.32. The summed E-state index contributed by atoms with van der Waals surface area (Å²) in [5, 5.41) is 2.82. The Morgan fingerprint density at radius 2 is 1.91 bits per heavy atom. The number of carbonyl (C=O) groups is 1. The zero-order chi connectivity index (χ0) is 16.1. The average Bonchev–Trinajstić information content (AvgIpc) is 2.52. The topological polar surface area (TPSA) is 47.6 Å². The number of methoxy groups -OCH3 is 2. The highest BCUT2D eigenvalue weighted by Gasteiger charge is 2.20. The van der Waals surface area contributed by atoms with Crippen molar-refractivity contribution in [2.45, 2.75) is 13.0 Å². The Bertz CT molecular complexity index is 673. The molecular weight excluding hydrogens is 285 g/mol. The number of carbonyl (C=O) groups excluding carboxylic acids is 1. The molecule has 0 fully saturated rings. The average molecular weight is 303 g/mol. The molecule has 0 unspecified atom stereocenters. The smallest absolute Gasteiger partial charge is 0.217 e. The Morgan fingerprint density at radius 1 is 1.14 bits per heavy atom. The van der Waals surface area contributed by atoms with Gasteiger partial charge in [0, 0.05) is 12.5 Å². The maximum atomic E-state index is 13.6. The van der Waals surface area contributed by atoms with Crippen molar-refractivity contribution in [2.75, 3.05) is 14.2 Å². The molecule has 2 aromatic carbocycles. The minimum absolute atomic E-state index is 0.223. The Labute approximate surface area is 128 Å². The maximum Gasteiger partial charge on any atom is 0.217 e. The van der Waals surface area contributed by atoms with Crippen LogP contribution in [0.15, 0.2) is 42.5 Å².